The summed E-state index contributed by atoms with van der Waals surface area (Å²) in [4.78, 5) is 25.0. The average molecular weight is 373 g/mol. The number of ether oxygens (including phenoxy) is 1. The van der Waals surface area contributed by atoms with Gasteiger partial charge in [0.1, 0.15) is 5.72 Å². The van der Waals surface area contributed by atoms with Crippen LogP contribution >= 0.6 is 0 Å². The Morgan fingerprint density at radius 1 is 1.22 bits per heavy atom. The Bertz CT molecular complexity index is 742. The Labute approximate surface area is 159 Å². The van der Waals surface area contributed by atoms with E-state index in [0.717, 1.165) is 11.1 Å². The molecule has 3 rings (SSSR count). The minimum atomic E-state index is -1.02. The van der Waals surface area contributed by atoms with Crippen LogP contribution in [-0.4, -0.2) is 45.0 Å². The first kappa shape index (κ1) is 19.4. The smallest absolute Gasteiger partial charge is 0.409 e. The number of hydrogen-bond donors (Lipinski definition) is 2. The number of rotatable bonds is 5. The summed E-state index contributed by atoms with van der Waals surface area (Å²) in [6.07, 6.45) is 2.22. The fraction of sp³-hybridized carbons (Fsp3) is 0.524. The van der Waals surface area contributed by atoms with Gasteiger partial charge in [0.2, 0.25) is 0 Å². The van der Waals surface area contributed by atoms with Crippen molar-refractivity contribution in [2.45, 2.75) is 57.9 Å². The highest BCUT2D eigenvalue weighted by atomic mass is 16.6. The summed E-state index contributed by atoms with van der Waals surface area (Å²) in [7, 11) is 0. The van der Waals surface area contributed by atoms with E-state index in [-0.39, 0.29) is 18.1 Å². The van der Waals surface area contributed by atoms with Gasteiger partial charge < -0.3 is 14.9 Å². The molecule has 1 aromatic carbocycles. The summed E-state index contributed by atoms with van der Waals surface area (Å²) >= 11 is 0. The molecule has 0 spiro atoms. The van der Waals surface area contributed by atoms with Crippen LogP contribution in [0.15, 0.2) is 42.0 Å². The lowest BCUT2D eigenvalue weighted by molar-refractivity contribution is -0.143. The van der Waals surface area contributed by atoms with Gasteiger partial charge >= 0.3 is 12.1 Å². The summed E-state index contributed by atoms with van der Waals surface area (Å²) in [5.41, 5.74) is 1.15. The fourth-order valence-corrected chi connectivity index (χ4v) is 4.55. The molecular weight excluding hydrogens is 346 g/mol. The third kappa shape index (κ3) is 4.00. The summed E-state index contributed by atoms with van der Waals surface area (Å²) in [6, 6.07) is 9.38. The van der Waals surface area contributed by atoms with Crippen molar-refractivity contribution in [3.8, 4) is 0 Å². The second-order valence-corrected chi connectivity index (χ2v) is 8.07. The molecule has 146 valence electrons. The summed E-state index contributed by atoms with van der Waals surface area (Å²) in [5.74, 6) is -1.41. The molecule has 2 N–H and O–H groups in total. The molecule has 1 aliphatic heterocycles. The Hall–Kier alpha value is -2.34. The van der Waals surface area contributed by atoms with E-state index in [1.54, 1.807) is 13.8 Å². The van der Waals surface area contributed by atoms with E-state index in [9.17, 15) is 19.8 Å². The third-order valence-corrected chi connectivity index (χ3v) is 5.65. The van der Waals surface area contributed by atoms with E-state index in [0.29, 0.717) is 19.3 Å². The Balaban J connectivity index is 1.87. The van der Waals surface area contributed by atoms with Gasteiger partial charge in [0.15, 0.2) is 0 Å². The molecule has 1 amide bonds. The van der Waals surface area contributed by atoms with Crippen LogP contribution in [0.25, 0.3) is 0 Å². The molecule has 6 nitrogen and oxygen atoms in total. The molecule has 4 atom stereocenters. The van der Waals surface area contributed by atoms with Crippen molar-refractivity contribution in [3.05, 3.63) is 47.5 Å². The SMILES string of the molecule is CC1=CC(CC2OC(C)(C)N(C(=O)O)C2Cc2ccccc2)C(C(=O)O)C1. The standard InChI is InChI=1S/C21H27NO5/c1-13-9-15(16(10-13)19(23)24)12-18-17(11-14-7-5-4-6-8-14)22(20(25)26)21(2,3)27-18/h4-9,15-18H,10-12H2,1-3H3,(H,23,24)(H,25,26). The summed E-state index contributed by atoms with van der Waals surface area (Å²) in [5, 5.41) is 19.3. The van der Waals surface area contributed by atoms with Crippen molar-refractivity contribution in [2.75, 3.05) is 0 Å². The van der Waals surface area contributed by atoms with Crippen molar-refractivity contribution in [3.63, 3.8) is 0 Å². The zero-order valence-electron chi connectivity index (χ0n) is 16.0. The molecule has 0 saturated carbocycles. The molecule has 0 radical (unpaired) electrons. The number of carbonyl (C=O) groups is 2. The molecule has 1 saturated heterocycles. The molecule has 6 heteroatoms. The van der Waals surface area contributed by atoms with Crippen LogP contribution in [0, 0.1) is 11.8 Å². The number of hydrogen-bond acceptors (Lipinski definition) is 3. The van der Waals surface area contributed by atoms with Crippen LogP contribution in [0.1, 0.15) is 39.2 Å². The van der Waals surface area contributed by atoms with E-state index in [4.69, 9.17) is 4.74 Å². The first-order chi connectivity index (χ1) is 12.7. The van der Waals surface area contributed by atoms with Crippen LogP contribution in [0.4, 0.5) is 4.79 Å². The lowest BCUT2D eigenvalue weighted by Crippen LogP contribution is -2.48. The minimum absolute atomic E-state index is 0.143. The Morgan fingerprint density at radius 3 is 2.48 bits per heavy atom. The van der Waals surface area contributed by atoms with Gasteiger partial charge in [-0.15, -0.1) is 0 Å². The number of benzene rings is 1. The largest absolute Gasteiger partial charge is 0.481 e. The molecule has 27 heavy (non-hydrogen) atoms. The number of carboxylic acid groups (broad SMARTS) is 2. The van der Waals surface area contributed by atoms with E-state index in [1.807, 2.05) is 43.3 Å². The highest BCUT2D eigenvalue weighted by Gasteiger charge is 2.51. The van der Waals surface area contributed by atoms with Crippen LogP contribution < -0.4 is 0 Å². The highest BCUT2D eigenvalue weighted by Crippen LogP contribution is 2.41. The van der Waals surface area contributed by atoms with Crippen molar-refractivity contribution in [1.82, 2.24) is 4.90 Å². The maximum absolute atomic E-state index is 12.0. The topological polar surface area (TPSA) is 87.1 Å². The molecule has 1 heterocycles. The highest BCUT2D eigenvalue weighted by molar-refractivity contribution is 5.72. The number of nitrogens with zero attached hydrogens (tertiary/aromatic N) is 1. The van der Waals surface area contributed by atoms with Crippen LogP contribution in [-0.2, 0) is 16.0 Å². The van der Waals surface area contributed by atoms with Gasteiger partial charge in [-0.3, -0.25) is 9.69 Å². The first-order valence-corrected chi connectivity index (χ1v) is 9.33. The molecule has 0 bridgehead atoms. The van der Waals surface area contributed by atoms with Gasteiger partial charge in [-0.25, -0.2) is 4.79 Å². The second-order valence-electron chi connectivity index (χ2n) is 8.07. The van der Waals surface area contributed by atoms with E-state index in [1.165, 1.54) is 4.90 Å². The van der Waals surface area contributed by atoms with Gasteiger partial charge in [-0.2, -0.15) is 0 Å². The number of allylic oxidation sites excluding steroid dienone is 2. The van der Waals surface area contributed by atoms with Crippen LogP contribution in [0.5, 0.6) is 0 Å². The van der Waals surface area contributed by atoms with Crippen molar-refractivity contribution in [1.29, 1.82) is 0 Å². The van der Waals surface area contributed by atoms with Crippen LogP contribution in [0.2, 0.25) is 0 Å². The molecular formula is C21H27NO5. The monoisotopic (exact) mass is 373 g/mol. The maximum atomic E-state index is 12.0. The van der Waals surface area contributed by atoms with Gasteiger partial charge in [0.05, 0.1) is 18.1 Å². The number of amides is 1. The normalized spacial score (nSPS) is 29.6. The lowest BCUT2D eigenvalue weighted by atomic mass is 9.87. The van der Waals surface area contributed by atoms with E-state index >= 15 is 0 Å². The predicted molar refractivity (Wildman–Crippen MR) is 100 cm³/mol. The molecule has 4 unspecified atom stereocenters. The fourth-order valence-electron chi connectivity index (χ4n) is 4.55. The minimum Gasteiger partial charge on any atom is -0.481 e. The quantitative estimate of drug-likeness (QED) is 0.767. The first-order valence-electron chi connectivity index (χ1n) is 9.33. The molecule has 1 aliphatic carbocycles. The van der Waals surface area contributed by atoms with Crippen molar-refractivity contribution in [2.24, 2.45) is 11.8 Å². The number of aliphatic carboxylic acids is 1. The van der Waals surface area contributed by atoms with Gasteiger partial charge in [-0.1, -0.05) is 42.0 Å². The van der Waals surface area contributed by atoms with Crippen molar-refractivity contribution < 1.29 is 24.5 Å². The van der Waals surface area contributed by atoms with Gasteiger partial charge in [0.25, 0.3) is 0 Å². The Morgan fingerprint density at radius 2 is 1.89 bits per heavy atom. The maximum Gasteiger partial charge on any atom is 0.409 e. The van der Waals surface area contributed by atoms with Crippen LogP contribution in [0.3, 0.4) is 0 Å². The zero-order valence-corrected chi connectivity index (χ0v) is 16.0. The predicted octanol–water partition coefficient (Wildman–Crippen LogP) is 3.77. The van der Waals surface area contributed by atoms with E-state index < -0.39 is 23.7 Å². The summed E-state index contributed by atoms with van der Waals surface area (Å²) in [6.45, 7) is 5.45. The van der Waals surface area contributed by atoms with Gasteiger partial charge in [-0.05, 0) is 51.5 Å². The molecule has 1 fully saturated rings. The molecule has 1 aromatic rings. The second kappa shape index (κ2) is 7.35. The molecule has 2 aliphatic rings. The Kier molecular flexibility index (Phi) is 5.29. The van der Waals surface area contributed by atoms with E-state index in [2.05, 4.69) is 0 Å². The summed E-state index contributed by atoms with van der Waals surface area (Å²) < 4.78 is 6.16. The zero-order chi connectivity index (χ0) is 19.8. The average Bonchev–Trinajstić information content (AvgIpc) is 3.05. The lowest BCUT2D eigenvalue weighted by Gasteiger charge is -2.31. The number of carboxylic acids is 1. The molecule has 0 aromatic heterocycles. The van der Waals surface area contributed by atoms with Crippen molar-refractivity contribution >= 4 is 12.1 Å². The van der Waals surface area contributed by atoms with Gasteiger partial charge in [0, 0.05) is 0 Å². The third-order valence-electron chi connectivity index (χ3n) is 5.65.